The van der Waals surface area contributed by atoms with Crippen LogP contribution in [0.25, 0.3) is 11.1 Å². The van der Waals surface area contributed by atoms with E-state index in [4.69, 9.17) is 14.2 Å². The third kappa shape index (κ3) is 5.24. The van der Waals surface area contributed by atoms with E-state index in [2.05, 4.69) is 10.6 Å². The summed E-state index contributed by atoms with van der Waals surface area (Å²) < 4.78 is 16.9. The van der Waals surface area contributed by atoms with E-state index in [0.717, 1.165) is 11.1 Å². The predicted molar refractivity (Wildman–Crippen MR) is 137 cm³/mol. The lowest BCUT2D eigenvalue weighted by Gasteiger charge is -2.20. The second-order valence-electron chi connectivity index (χ2n) is 8.94. The van der Waals surface area contributed by atoms with E-state index in [0.29, 0.717) is 47.6 Å². The van der Waals surface area contributed by atoms with Crippen LogP contribution in [0.2, 0.25) is 0 Å². The molecule has 0 radical (unpaired) electrons. The molecule has 0 saturated heterocycles. The number of carboxylic acid groups (broad SMARTS) is 1. The number of carbonyl (C=O) groups is 2. The lowest BCUT2D eigenvalue weighted by atomic mass is 9.95. The number of anilines is 1. The molecule has 0 bridgehead atoms. The van der Waals surface area contributed by atoms with Crippen LogP contribution in [-0.4, -0.2) is 44.4 Å². The Bertz CT molecular complexity index is 1210. The van der Waals surface area contributed by atoms with Gasteiger partial charge in [0.2, 0.25) is 17.1 Å². The van der Waals surface area contributed by atoms with Crippen molar-refractivity contribution in [1.82, 2.24) is 5.32 Å². The Hall–Kier alpha value is -3.75. The molecule has 36 heavy (non-hydrogen) atoms. The normalized spacial score (nSPS) is 15.9. The molecule has 0 heterocycles. The summed E-state index contributed by atoms with van der Waals surface area (Å²) >= 11 is 0. The van der Waals surface area contributed by atoms with Crippen molar-refractivity contribution in [2.24, 2.45) is 5.92 Å². The van der Waals surface area contributed by atoms with Gasteiger partial charge in [0.15, 0.2) is 11.5 Å². The molecule has 2 aromatic carbocycles. The van der Waals surface area contributed by atoms with Gasteiger partial charge in [-0.05, 0) is 53.6 Å². The molecule has 9 heteroatoms. The minimum atomic E-state index is -1.03. The van der Waals surface area contributed by atoms with E-state index in [1.165, 1.54) is 27.2 Å². The van der Waals surface area contributed by atoms with Gasteiger partial charge in [-0.1, -0.05) is 26.3 Å². The van der Waals surface area contributed by atoms with E-state index < -0.39 is 18.1 Å². The van der Waals surface area contributed by atoms with Crippen molar-refractivity contribution in [3.63, 3.8) is 0 Å². The fourth-order valence-corrected chi connectivity index (χ4v) is 4.68. The number of aryl methyl sites for hydroxylation is 1. The Balaban J connectivity index is 2.32. The van der Waals surface area contributed by atoms with Gasteiger partial charge in [-0.15, -0.1) is 0 Å². The monoisotopic (exact) mass is 498 g/mol. The molecule has 9 nitrogen and oxygen atoms in total. The predicted octanol–water partition coefficient (Wildman–Crippen LogP) is 3.77. The van der Waals surface area contributed by atoms with Gasteiger partial charge >= 0.3 is 5.97 Å². The number of aliphatic carboxylic acids is 1. The van der Waals surface area contributed by atoms with Crippen LogP contribution in [0, 0.1) is 5.92 Å². The SMILES string of the molecule is CC[C@@H](C)[C@H](Nc1ccc2c(cc1=O)[C@@H](NC(C)=O)CCc1cc(OC)c(OC)c(OC)c1-2)C(=O)O. The molecule has 1 amide bonds. The molecule has 2 aromatic rings. The summed E-state index contributed by atoms with van der Waals surface area (Å²) in [5.74, 6) is -0.0752. The van der Waals surface area contributed by atoms with Crippen molar-refractivity contribution in [2.75, 3.05) is 26.6 Å². The number of benzene rings is 1. The number of fused-ring (bicyclic) bond motifs is 3. The van der Waals surface area contributed by atoms with E-state index in [-0.39, 0.29) is 22.9 Å². The van der Waals surface area contributed by atoms with Gasteiger partial charge in [0, 0.05) is 12.5 Å². The number of nitrogens with one attached hydrogen (secondary N) is 2. The first-order chi connectivity index (χ1) is 17.2. The molecule has 0 aromatic heterocycles. The Labute approximate surface area is 210 Å². The second kappa shape index (κ2) is 11.3. The van der Waals surface area contributed by atoms with E-state index in [1.807, 2.05) is 19.9 Å². The molecule has 194 valence electrons. The first-order valence-corrected chi connectivity index (χ1v) is 11.9. The lowest BCUT2D eigenvalue weighted by Crippen LogP contribution is -2.36. The van der Waals surface area contributed by atoms with Gasteiger partial charge < -0.3 is 30.0 Å². The van der Waals surface area contributed by atoms with Crippen molar-refractivity contribution in [1.29, 1.82) is 0 Å². The summed E-state index contributed by atoms with van der Waals surface area (Å²) in [6.45, 7) is 5.15. The molecular weight excluding hydrogens is 464 g/mol. The first kappa shape index (κ1) is 26.8. The molecule has 3 rings (SSSR count). The summed E-state index contributed by atoms with van der Waals surface area (Å²) in [4.78, 5) is 37.3. The summed E-state index contributed by atoms with van der Waals surface area (Å²) in [5.41, 5.74) is 2.73. The lowest BCUT2D eigenvalue weighted by molar-refractivity contribution is -0.139. The summed E-state index contributed by atoms with van der Waals surface area (Å²) in [7, 11) is 4.60. The van der Waals surface area contributed by atoms with Crippen molar-refractivity contribution in [2.45, 2.75) is 52.1 Å². The van der Waals surface area contributed by atoms with Gasteiger partial charge in [0.1, 0.15) is 6.04 Å². The Kier molecular flexibility index (Phi) is 8.45. The average molecular weight is 499 g/mol. The van der Waals surface area contributed by atoms with Crippen LogP contribution in [0.4, 0.5) is 5.69 Å². The van der Waals surface area contributed by atoms with Gasteiger partial charge in [-0.2, -0.15) is 0 Å². The Morgan fingerprint density at radius 1 is 1.11 bits per heavy atom. The number of methoxy groups -OCH3 is 3. The molecule has 0 aliphatic heterocycles. The molecule has 3 atom stereocenters. The Morgan fingerprint density at radius 2 is 1.81 bits per heavy atom. The van der Waals surface area contributed by atoms with Gasteiger partial charge in [0.05, 0.1) is 33.1 Å². The largest absolute Gasteiger partial charge is 0.493 e. The number of rotatable bonds is 9. The van der Waals surface area contributed by atoms with Crippen molar-refractivity contribution >= 4 is 17.6 Å². The van der Waals surface area contributed by atoms with Crippen LogP contribution < -0.4 is 30.3 Å². The van der Waals surface area contributed by atoms with Gasteiger partial charge in [-0.25, -0.2) is 4.79 Å². The maximum absolute atomic E-state index is 13.3. The third-order valence-corrected chi connectivity index (χ3v) is 6.71. The molecular formula is C27H34N2O7. The van der Waals surface area contributed by atoms with Crippen LogP contribution in [0.1, 0.15) is 50.8 Å². The average Bonchev–Trinajstić information content (AvgIpc) is 3.09. The van der Waals surface area contributed by atoms with Crippen LogP contribution in [0.3, 0.4) is 0 Å². The highest BCUT2D eigenvalue weighted by molar-refractivity contribution is 5.84. The van der Waals surface area contributed by atoms with Gasteiger partial charge in [-0.3, -0.25) is 9.59 Å². The molecule has 1 aliphatic rings. The zero-order chi connectivity index (χ0) is 26.6. The summed E-state index contributed by atoms with van der Waals surface area (Å²) in [6, 6.07) is 5.34. The number of hydrogen-bond acceptors (Lipinski definition) is 7. The minimum absolute atomic E-state index is 0.165. The quantitative estimate of drug-likeness (QED) is 0.477. The maximum Gasteiger partial charge on any atom is 0.326 e. The first-order valence-electron chi connectivity index (χ1n) is 11.9. The number of carboxylic acids is 1. The van der Waals surface area contributed by atoms with E-state index >= 15 is 0 Å². The highest BCUT2D eigenvalue weighted by Gasteiger charge is 2.30. The second-order valence-corrected chi connectivity index (χ2v) is 8.94. The Morgan fingerprint density at radius 3 is 2.36 bits per heavy atom. The fourth-order valence-electron chi connectivity index (χ4n) is 4.68. The van der Waals surface area contributed by atoms with Crippen LogP contribution >= 0.6 is 0 Å². The smallest absolute Gasteiger partial charge is 0.326 e. The van der Waals surface area contributed by atoms with Crippen molar-refractivity contribution < 1.29 is 28.9 Å². The zero-order valence-corrected chi connectivity index (χ0v) is 21.6. The third-order valence-electron chi connectivity index (χ3n) is 6.71. The summed E-state index contributed by atoms with van der Waals surface area (Å²) in [6.07, 6.45) is 1.75. The standard InChI is InChI=1S/C27H34N2O7/c1-7-14(2)24(27(32)33)29-20-11-9-17-18(13-21(20)31)19(28-15(3)30)10-8-16-12-22(34-4)25(35-5)26(36-6)23(16)17/h9,11-14,19,24H,7-8,10H2,1-6H3,(H,28,30)(H,29,31)(H,32,33)/t14-,19+,24+/m1/s1. The zero-order valence-electron chi connectivity index (χ0n) is 21.6. The van der Waals surface area contributed by atoms with Crippen molar-refractivity contribution in [3.05, 3.63) is 45.6 Å². The van der Waals surface area contributed by atoms with Crippen LogP contribution in [0.15, 0.2) is 29.1 Å². The van der Waals surface area contributed by atoms with E-state index in [9.17, 15) is 19.5 Å². The van der Waals surface area contributed by atoms with Crippen LogP contribution in [0.5, 0.6) is 17.2 Å². The molecule has 0 spiro atoms. The fraction of sp³-hybridized carbons (Fsp3) is 0.444. The van der Waals surface area contributed by atoms with E-state index in [1.54, 1.807) is 19.2 Å². The van der Waals surface area contributed by atoms with Crippen LogP contribution in [-0.2, 0) is 16.0 Å². The molecule has 1 aliphatic carbocycles. The highest BCUT2D eigenvalue weighted by atomic mass is 16.5. The molecule has 3 N–H and O–H groups in total. The number of carbonyl (C=O) groups excluding carboxylic acids is 1. The molecule has 0 saturated carbocycles. The topological polar surface area (TPSA) is 123 Å². The number of ether oxygens (including phenoxy) is 3. The summed E-state index contributed by atoms with van der Waals surface area (Å²) in [5, 5.41) is 15.6. The molecule has 0 unspecified atom stereocenters. The minimum Gasteiger partial charge on any atom is -0.493 e. The van der Waals surface area contributed by atoms with Gasteiger partial charge in [0.25, 0.3) is 0 Å². The highest BCUT2D eigenvalue weighted by Crippen LogP contribution is 2.50. The number of amides is 1. The molecule has 0 fully saturated rings. The maximum atomic E-state index is 13.3. The number of hydrogen-bond donors (Lipinski definition) is 3. The van der Waals surface area contributed by atoms with Crippen molar-refractivity contribution in [3.8, 4) is 28.4 Å².